The minimum absolute atomic E-state index is 0.0612. The molecule has 1 rings (SSSR count). The fraction of sp³-hybridized carbons (Fsp3) is 0.763. The third-order valence-electron chi connectivity index (χ3n) is 12.6. The van der Waals surface area contributed by atoms with Gasteiger partial charge >= 0.3 is 23.9 Å². The average Bonchev–Trinajstić information content (AvgIpc) is 3.35. The molecule has 0 spiro atoms. The maximum atomic E-state index is 13.1. The zero-order valence-electron chi connectivity index (χ0n) is 44.7. The zero-order chi connectivity index (χ0) is 51.8. The van der Waals surface area contributed by atoms with Gasteiger partial charge in [0.15, 0.2) is 24.6 Å². The zero-order valence-corrected chi connectivity index (χ0v) is 44.7. The van der Waals surface area contributed by atoms with Crippen LogP contribution in [-0.2, 0) is 42.9 Å². The summed E-state index contributed by atoms with van der Waals surface area (Å²) in [4.78, 5) is 50.9. The molecule has 0 aromatic carbocycles. The Kier molecular flexibility index (Phi) is 43.7. The van der Waals surface area contributed by atoms with Crippen LogP contribution in [0.25, 0.3) is 0 Å². The number of unbranched alkanes of at least 4 members (excludes halogenated alkanes) is 23. The van der Waals surface area contributed by atoms with Crippen molar-refractivity contribution < 1.29 is 58.2 Å². The van der Waals surface area contributed by atoms with E-state index in [0.717, 1.165) is 77.0 Å². The summed E-state index contributed by atoms with van der Waals surface area (Å²) in [7, 11) is 0. The molecule has 6 unspecified atom stereocenters. The van der Waals surface area contributed by atoms with Crippen LogP contribution < -0.4 is 0 Å². The third kappa shape index (κ3) is 37.8. The number of esters is 3. The largest absolute Gasteiger partial charge is 0.479 e. The highest BCUT2D eigenvalue weighted by molar-refractivity contribution is 5.74. The van der Waals surface area contributed by atoms with Crippen molar-refractivity contribution in [2.45, 2.75) is 276 Å². The maximum Gasteiger partial charge on any atom is 0.335 e. The van der Waals surface area contributed by atoms with E-state index in [2.05, 4.69) is 63.3 Å². The summed E-state index contributed by atoms with van der Waals surface area (Å²) < 4.78 is 28.3. The van der Waals surface area contributed by atoms with E-state index in [1.807, 2.05) is 18.2 Å². The second-order valence-electron chi connectivity index (χ2n) is 19.2. The molecule has 3 N–H and O–H groups in total. The van der Waals surface area contributed by atoms with E-state index in [0.29, 0.717) is 25.7 Å². The molecule has 1 aliphatic heterocycles. The Morgan fingerprint density at radius 1 is 0.479 bits per heavy atom. The topological polar surface area (TPSA) is 175 Å². The normalized spacial score (nSPS) is 18.9. The lowest BCUT2D eigenvalue weighted by atomic mass is 9.98. The van der Waals surface area contributed by atoms with Gasteiger partial charge in [0.1, 0.15) is 18.8 Å². The Balaban J connectivity index is 2.71. The first-order valence-electron chi connectivity index (χ1n) is 28.3. The lowest BCUT2D eigenvalue weighted by Gasteiger charge is -2.40. The number of ether oxygens (including phenoxy) is 5. The Hall–Kier alpha value is -3.58. The predicted molar refractivity (Wildman–Crippen MR) is 285 cm³/mol. The van der Waals surface area contributed by atoms with Crippen molar-refractivity contribution >= 4 is 23.9 Å². The Labute approximate surface area is 430 Å². The highest BCUT2D eigenvalue weighted by Crippen LogP contribution is 2.26. The first-order chi connectivity index (χ1) is 34.6. The van der Waals surface area contributed by atoms with E-state index in [9.17, 15) is 34.5 Å². The van der Waals surface area contributed by atoms with Gasteiger partial charge in [0.05, 0.1) is 6.61 Å². The Morgan fingerprint density at radius 3 is 1.45 bits per heavy atom. The highest BCUT2D eigenvalue weighted by atomic mass is 16.7. The molecular weight excluding hydrogens is 901 g/mol. The van der Waals surface area contributed by atoms with Crippen molar-refractivity contribution in [3.05, 3.63) is 60.8 Å². The minimum Gasteiger partial charge on any atom is -0.479 e. The van der Waals surface area contributed by atoms with E-state index in [1.54, 1.807) is 0 Å². The van der Waals surface area contributed by atoms with Crippen molar-refractivity contribution in [2.24, 2.45) is 0 Å². The van der Waals surface area contributed by atoms with Crippen molar-refractivity contribution in [1.82, 2.24) is 0 Å². The molecule has 0 aliphatic carbocycles. The van der Waals surface area contributed by atoms with Gasteiger partial charge in [0.25, 0.3) is 0 Å². The molecule has 0 bridgehead atoms. The number of aliphatic hydroxyl groups is 2. The van der Waals surface area contributed by atoms with Crippen LogP contribution in [0.1, 0.15) is 239 Å². The lowest BCUT2D eigenvalue weighted by molar-refractivity contribution is -0.301. The molecule has 12 nitrogen and oxygen atoms in total. The number of hydrogen-bond donors (Lipinski definition) is 3. The second-order valence-corrected chi connectivity index (χ2v) is 19.2. The number of aliphatic hydroxyl groups excluding tert-OH is 2. The molecular formula is C59H100O12. The summed E-state index contributed by atoms with van der Waals surface area (Å²) in [6, 6.07) is 0. The van der Waals surface area contributed by atoms with Crippen molar-refractivity contribution in [3.63, 3.8) is 0 Å². The summed E-state index contributed by atoms with van der Waals surface area (Å²) in [5, 5.41) is 31.3. The van der Waals surface area contributed by atoms with Gasteiger partial charge < -0.3 is 39.0 Å². The molecule has 1 heterocycles. The van der Waals surface area contributed by atoms with Crippen LogP contribution in [0.4, 0.5) is 0 Å². The van der Waals surface area contributed by atoms with Gasteiger partial charge in [0.2, 0.25) is 0 Å². The van der Waals surface area contributed by atoms with Crippen LogP contribution in [0, 0.1) is 0 Å². The average molecular weight is 1000 g/mol. The summed E-state index contributed by atoms with van der Waals surface area (Å²) in [6.45, 7) is 5.79. The third-order valence-corrected chi connectivity index (χ3v) is 12.6. The number of carboxylic acid groups (broad SMARTS) is 1. The molecule has 12 heteroatoms. The van der Waals surface area contributed by atoms with E-state index >= 15 is 0 Å². The van der Waals surface area contributed by atoms with Gasteiger partial charge in [0, 0.05) is 19.3 Å². The predicted octanol–water partition coefficient (Wildman–Crippen LogP) is 14.0. The number of hydrogen-bond acceptors (Lipinski definition) is 11. The van der Waals surface area contributed by atoms with Gasteiger partial charge in [-0.05, 0) is 64.2 Å². The van der Waals surface area contributed by atoms with Crippen molar-refractivity contribution in [1.29, 1.82) is 0 Å². The second kappa shape index (κ2) is 47.4. The Morgan fingerprint density at radius 2 is 0.930 bits per heavy atom. The fourth-order valence-corrected chi connectivity index (χ4v) is 8.24. The van der Waals surface area contributed by atoms with Crippen LogP contribution in [0.3, 0.4) is 0 Å². The lowest BCUT2D eigenvalue weighted by Crippen LogP contribution is -2.61. The molecule has 71 heavy (non-hydrogen) atoms. The van der Waals surface area contributed by atoms with Gasteiger partial charge in [-0.1, -0.05) is 216 Å². The first-order valence-corrected chi connectivity index (χ1v) is 28.3. The summed E-state index contributed by atoms with van der Waals surface area (Å²) in [5.41, 5.74) is 0. The summed E-state index contributed by atoms with van der Waals surface area (Å²) in [6.07, 6.45) is 45.1. The molecule has 1 aliphatic rings. The van der Waals surface area contributed by atoms with Crippen LogP contribution >= 0.6 is 0 Å². The number of rotatable bonds is 47. The number of carboxylic acids is 1. The number of carbonyl (C=O) groups excluding carboxylic acids is 3. The summed E-state index contributed by atoms with van der Waals surface area (Å²) in [5.74, 6) is -3.23. The van der Waals surface area contributed by atoms with Crippen LogP contribution in [0.5, 0.6) is 0 Å². The molecule has 0 aromatic rings. The van der Waals surface area contributed by atoms with E-state index in [1.165, 1.54) is 96.3 Å². The van der Waals surface area contributed by atoms with Crippen molar-refractivity contribution in [3.8, 4) is 0 Å². The van der Waals surface area contributed by atoms with Gasteiger partial charge in [-0.3, -0.25) is 14.4 Å². The number of allylic oxidation sites excluding steroid dienone is 10. The molecule has 0 radical (unpaired) electrons. The van der Waals surface area contributed by atoms with E-state index in [4.69, 9.17) is 23.7 Å². The molecule has 0 saturated carbocycles. The first kappa shape index (κ1) is 65.4. The Bertz CT molecular complexity index is 1470. The number of carbonyl (C=O) groups is 4. The smallest absolute Gasteiger partial charge is 0.335 e. The SMILES string of the molecule is CC/C=C\C/C=C\C/C=C\C/C=C\CCC(=O)OC1C(OCC(COC(=O)CCCCCCCCCCCCCCCCCCC)OC(=O)CCCCCCC/C=C\CCCC)OC(C(=O)O)C(O)C1O. The highest BCUT2D eigenvalue weighted by Gasteiger charge is 2.50. The molecule has 408 valence electrons. The molecule has 0 amide bonds. The molecule has 0 aromatic heterocycles. The van der Waals surface area contributed by atoms with E-state index < -0.39 is 67.3 Å². The molecule has 1 saturated heterocycles. The molecule has 1 fully saturated rings. The van der Waals surface area contributed by atoms with Gasteiger partial charge in [-0.2, -0.15) is 0 Å². The maximum absolute atomic E-state index is 13.1. The van der Waals surface area contributed by atoms with Crippen LogP contribution in [0.15, 0.2) is 60.8 Å². The minimum atomic E-state index is -1.93. The number of aliphatic carboxylic acids is 1. The van der Waals surface area contributed by atoms with Gasteiger partial charge in [-0.15, -0.1) is 0 Å². The van der Waals surface area contributed by atoms with E-state index in [-0.39, 0.29) is 25.9 Å². The van der Waals surface area contributed by atoms with Crippen molar-refractivity contribution in [2.75, 3.05) is 13.2 Å². The van der Waals surface area contributed by atoms with Crippen LogP contribution in [0.2, 0.25) is 0 Å². The quantitative estimate of drug-likeness (QED) is 0.0228. The molecule has 6 atom stereocenters. The monoisotopic (exact) mass is 1000 g/mol. The van der Waals surface area contributed by atoms with Gasteiger partial charge in [-0.25, -0.2) is 4.79 Å². The fourth-order valence-electron chi connectivity index (χ4n) is 8.24. The van der Waals surface area contributed by atoms with Crippen LogP contribution in [-0.4, -0.2) is 89.2 Å². The summed E-state index contributed by atoms with van der Waals surface area (Å²) >= 11 is 0. The standard InChI is InChI=1S/C59H100O12/c1-4-7-10-13-16-19-22-24-25-26-27-29-31-33-36-39-42-45-51(60)67-48-50(69-52(61)46-43-40-37-34-30-21-18-15-12-9-6-3)49-68-59-57(55(64)54(63)56(71-59)58(65)66)70-53(62)47-44-41-38-35-32-28-23-20-17-14-11-8-5-2/h8,11,15,17-18,20,28,32,38,41,50,54-57,59,63-64H,4-7,9-10,12-14,16,19,21-27,29-31,33-37,39-40,42-49H2,1-3H3,(H,65,66)/b11-8-,18-15-,20-17-,32-28-,41-38-.